The third-order valence-electron chi connectivity index (χ3n) is 5.48. The van der Waals surface area contributed by atoms with Crippen molar-refractivity contribution in [2.45, 2.75) is 46.6 Å². The molecule has 10 heteroatoms. The molecule has 33 heavy (non-hydrogen) atoms. The van der Waals surface area contributed by atoms with Crippen LogP contribution in [-0.2, 0) is 20.2 Å². The van der Waals surface area contributed by atoms with E-state index in [9.17, 15) is 14.3 Å². The quantitative estimate of drug-likeness (QED) is 0.372. The number of aromatic nitrogens is 1. The Morgan fingerprint density at radius 2 is 1.94 bits per heavy atom. The van der Waals surface area contributed by atoms with Gasteiger partial charge in [-0.2, -0.15) is 0 Å². The van der Waals surface area contributed by atoms with Crippen LogP contribution in [0.1, 0.15) is 45.7 Å². The minimum Gasteiger partial charge on any atom is -0.492 e. The first kappa shape index (κ1) is 25.8. The number of methoxy groups -OCH3 is 1. The summed E-state index contributed by atoms with van der Waals surface area (Å²) >= 11 is 6.50. The first-order valence-corrected chi connectivity index (χ1v) is 12.7. The van der Waals surface area contributed by atoms with Crippen LogP contribution in [0.3, 0.4) is 0 Å². The maximum absolute atomic E-state index is 12.8. The van der Waals surface area contributed by atoms with Gasteiger partial charge in [0.1, 0.15) is 5.75 Å². The van der Waals surface area contributed by atoms with E-state index in [0.717, 1.165) is 17.5 Å². The second kappa shape index (κ2) is 10.2. The summed E-state index contributed by atoms with van der Waals surface area (Å²) in [6, 6.07) is 5.08. The molecule has 0 bridgehead atoms. The van der Waals surface area contributed by atoms with E-state index >= 15 is 0 Å². The van der Waals surface area contributed by atoms with Gasteiger partial charge in [-0.05, 0) is 36.5 Å². The second-order valence-electron chi connectivity index (χ2n) is 8.99. The van der Waals surface area contributed by atoms with Gasteiger partial charge in [0.15, 0.2) is 5.75 Å². The molecule has 182 valence electrons. The van der Waals surface area contributed by atoms with Gasteiger partial charge < -0.3 is 18.6 Å². The van der Waals surface area contributed by atoms with Crippen LogP contribution >= 0.6 is 19.4 Å². The minimum absolute atomic E-state index is 0.0214. The number of benzene rings is 1. The van der Waals surface area contributed by atoms with E-state index in [1.165, 1.54) is 12.3 Å². The number of phosphoric acid groups is 1. The topological polar surface area (TPSA) is 96.2 Å². The minimum atomic E-state index is -4.39. The van der Waals surface area contributed by atoms with Crippen molar-refractivity contribution in [3.05, 3.63) is 45.2 Å². The van der Waals surface area contributed by atoms with Crippen molar-refractivity contribution in [2.75, 3.05) is 26.9 Å². The van der Waals surface area contributed by atoms with E-state index in [-0.39, 0.29) is 23.8 Å². The highest BCUT2D eigenvalue weighted by atomic mass is 35.5. The Balaban J connectivity index is 2.07. The van der Waals surface area contributed by atoms with Crippen molar-refractivity contribution in [1.82, 2.24) is 4.57 Å². The van der Waals surface area contributed by atoms with Crippen molar-refractivity contribution in [1.29, 1.82) is 0 Å². The van der Waals surface area contributed by atoms with Gasteiger partial charge in [-0.25, -0.2) is 4.57 Å². The number of hydrogen-bond acceptors (Lipinski definition) is 6. The molecule has 0 aliphatic carbocycles. The van der Waals surface area contributed by atoms with Crippen LogP contribution < -0.4 is 14.7 Å². The van der Waals surface area contributed by atoms with Crippen molar-refractivity contribution < 1.29 is 28.0 Å². The van der Waals surface area contributed by atoms with Gasteiger partial charge in [-0.15, -0.1) is 0 Å². The van der Waals surface area contributed by atoms with E-state index in [2.05, 4.69) is 20.8 Å². The molecule has 0 saturated heterocycles. The number of phosphoric ester groups is 1. The van der Waals surface area contributed by atoms with Crippen molar-refractivity contribution in [3.63, 3.8) is 0 Å². The predicted octanol–water partition coefficient (Wildman–Crippen LogP) is 5.24. The normalized spacial score (nSPS) is 17.1. The Labute approximate surface area is 199 Å². The largest absolute Gasteiger partial charge is 0.527 e. The lowest BCUT2D eigenvalue weighted by Gasteiger charge is -2.39. The average Bonchev–Trinajstić information content (AvgIpc) is 2.71. The lowest BCUT2D eigenvalue weighted by Crippen LogP contribution is -2.31. The van der Waals surface area contributed by atoms with E-state index in [0.29, 0.717) is 36.1 Å². The number of pyridine rings is 1. The monoisotopic (exact) mass is 499 g/mol. The van der Waals surface area contributed by atoms with Crippen LogP contribution in [0.4, 0.5) is 0 Å². The van der Waals surface area contributed by atoms with Gasteiger partial charge in [0.25, 0.3) is 0 Å². The van der Waals surface area contributed by atoms with Crippen molar-refractivity contribution >= 4 is 19.4 Å². The van der Waals surface area contributed by atoms with Crippen LogP contribution in [0.5, 0.6) is 11.5 Å². The Morgan fingerprint density at radius 3 is 2.58 bits per heavy atom. The van der Waals surface area contributed by atoms with Crippen LogP contribution in [-0.4, -0.2) is 36.4 Å². The average molecular weight is 500 g/mol. The summed E-state index contributed by atoms with van der Waals surface area (Å²) < 4.78 is 34.8. The molecule has 0 radical (unpaired) electrons. The summed E-state index contributed by atoms with van der Waals surface area (Å²) in [6.07, 6.45) is 2.88. The molecule has 1 aliphatic rings. The third kappa shape index (κ3) is 6.00. The molecule has 1 N–H and O–H groups in total. The standard InChI is InChI=1S/C23H31ClNO7P/c1-6-31-33(27,28)32-21-14-25-18(13-19(21)26)16-12-17(24)20(30-9-7-8-29-5)10-15(16)11-22(25)23(2,3)4/h10,12-14,22H,6-9,11H2,1-5H3,(H,27,28). The molecule has 2 atom stereocenters. The maximum atomic E-state index is 12.8. The van der Waals surface area contributed by atoms with Gasteiger partial charge >= 0.3 is 7.82 Å². The molecule has 3 rings (SSSR count). The highest BCUT2D eigenvalue weighted by molar-refractivity contribution is 7.47. The van der Waals surface area contributed by atoms with Crippen LogP contribution in [0.25, 0.3) is 11.3 Å². The SMILES string of the molecule is CCOP(=O)(O)Oc1cn2c(cc1=O)-c1cc(Cl)c(OCCCOC)cc1CC2C(C)(C)C. The van der Waals surface area contributed by atoms with E-state index in [4.69, 9.17) is 30.1 Å². The number of rotatable bonds is 9. The van der Waals surface area contributed by atoms with Crippen molar-refractivity contribution in [2.24, 2.45) is 5.41 Å². The number of fused-ring (bicyclic) bond motifs is 3. The Bertz CT molecular complexity index is 1110. The lowest BCUT2D eigenvalue weighted by atomic mass is 9.79. The van der Waals surface area contributed by atoms with Gasteiger partial charge in [-0.1, -0.05) is 32.4 Å². The van der Waals surface area contributed by atoms with E-state index < -0.39 is 13.3 Å². The molecule has 0 fully saturated rings. The lowest BCUT2D eigenvalue weighted by molar-refractivity contribution is 0.172. The smallest absolute Gasteiger partial charge is 0.492 e. The van der Waals surface area contributed by atoms with Gasteiger partial charge in [0.2, 0.25) is 5.43 Å². The van der Waals surface area contributed by atoms with Crippen molar-refractivity contribution in [3.8, 4) is 22.8 Å². The zero-order chi connectivity index (χ0) is 24.4. The molecule has 8 nitrogen and oxygen atoms in total. The summed E-state index contributed by atoms with van der Waals surface area (Å²) in [4.78, 5) is 22.7. The van der Waals surface area contributed by atoms with Gasteiger partial charge in [0.05, 0.1) is 30.1 Å². The Morgan fingerprint density at radius 1 is 1.21 bits per heavy atom. The van der Waals surface area contributed by atoms with Gasteiger partial charge in [0, 0.05) is 37.8 Å². The summed E-state index contributed by atoms with van der Waals surface area (Å²) in [7, 11) is -2.75. The van der Waals surface area contributed by atoms with Crippen LogP contribution in [0, 0.1) is 5.41 Å². The number of halogens is 1. The zero-order valence-electron chi connectivity index (χ0n) is 19.6. The summed E-state index contributed by atoms with van der Waals surface area (Å²) in [5.74, 6) is 0.354. The maximum Gasteiger partial charge on any atom is 0.527 e. The fraction of sp³-hybridized carbons (Fsp3) is 0.522. The molecular formula is C23H31ClNO7P. The summed E-state index contributed by atoms with van der Waals surface area (Å²) in [5.41, 5.74) is 1.76. The number of hydrogen-bond donors (Lipinski definition) is 1. The first-order chi connectivity index (χ1) is 15.5. The highest BCUT2D eigenvalue weighted by Gasteiger charge is 2.34. The third-order valence-corrected chi connectivity index (χ3v) is 6.79. The second-order valence-corrected chi connectivity index (χ2v) is 10.8. The fourth-order valence-corrected chi connectivity index (χ4v) is 4.90. The fourth-order valence-electron chi connectivity index (χ4n) is 3.92. The zero-order valence-corrected chi connectivity index (χ0v) is 21.2. The molecule has 2 aromatic rings. The van der Waals surface area contributed by atoms with Crippen LogP contribution in [0.15, 0.2) is 29.2 Å². The van der Waals surface area contributed by atoms with Crippen LogP contribution in [0.2, 0.25) is 5.02 Å². The first-order valence-electron chi connectivity index (χ1n) is 10.8. The molecule has 2 heterocycles. The highest BCUT2D eigenvalue weighted by Crippen LogP contribution is 2.47. The molecule has 1 aliphatic heterocycles. The molecule has 0 amide bonds. The van der Waals surface area contributed by atoms with E-state index in [1.807, 2.05) is 10.6 Å². The predicted molar refractivity (Wildman–Crippen MR) is 127 cm³/mol. The molecule has 0 spiro atoms. The Kier molecular flexibility index (Phi) is 7.97. The number of ether oxygens (including phenoxy) is 2. The molecule has 1 aromatic carbocycles. The number of nitrogens with zero attached hydrogens (tertiary/aromatic N) is 1. The molecule has 0 saturated carbocycles. The van der Waals surface area contributed by atoms with E-state index in [1.54, 1.807) is 20.1 Å². The Hall–Kier alpha value is -1.83. The molecule has 1 aromatic heterocycles. The summed E-state index contributed by atoms with van der Waals surface area (Å²) in [5, 5.41) is 0.441. The molecule has 2 unspecified atom stereocenters. The van der Waals surface area contributed by atoms with Gasteiger partial charge in [-0.3, -0.25) is 14.2 Å². The summed E-state index contributed by atoms with van der Waals surface area (Å²) in [6.45, 7) is 8.91. The molecular weight excluding hydrogens is 469 g/mol.